The van der Waals surface area contributed by atoms with Crippen LogP contribution < -0.4 is 4.90 Å². The predicted molar refractivity (Wildman–Crippen MR) is 155 cm³/mol. The zero-order valence-corrected chi connectivity index (χ0v) is 24.5. The fourth-order valence-corrected chi connectivity index (χ4v) is 7.20. The van der Waals surface area contributed by atoms with Gasteiger partial charge >= 0.3 is 0 Å². The summed E-state index contributed by atoms with van der Waals surface area (Å²) in [6.45, 7) is 8.80. The smallest absolute Gasteiger partial charge is 0.227 e. The van der Waals surface area contributed by atoms with E-state index in [1.807, 2.05) is 30.9 Å². The number of hydrogen-bond acceptors (Lipinski definition) is 6. The molecule has 40 heavy (non-hydrogen) atoms. The Morgan fingerprint density at radius 2 is 1.80 bits per heavy atom. The number of aryl methyl sites for hydroxylation is 4. The number of carbonyl (C=O) groups is 1. The molecule has 0 bridgehead atoms. The molecule has 0 saturated carbocycles. The van der Waals surface area contributed by atoms with E-state index >= 15 is 0 Å². The molecule has 0 radical (unpaired) electrons. The standard InChI is InChI=1S/C30H35N5O4S/c1-18-9-11-23(15-19(18)2)34-27(7-6-8-28(34)36)30-31-25-16-22(29-20(3)32-39-21(29)4)10-12-26(25)35(30)24-13-14-33(17-24)40(5,37)38/h9-12,15-16,24,27H,6-8,13-14,17H2,1-5H3/t24-,27+/m1/s1. The zero-order chi connectivity index (χ0) is 28.3. The van der Waals surface area contributed by atoms with Crippen molar-refractivity contribution in [1.29, 1.82) is 0 Å². The Bertz CT molecular complexity index is 1720. The van der Waals surface area contributed by atoms with Gasteiger partial charge in [-0.15, -0.1) is 0 Å². The van der Waals surface area contributed by atoms with Crippen LogP contribution in [-0.2, 0) is 14.8 Å². The number of anilines is 1. The molecule has 4 heterocycles. The highest BCUT2D eigenvalue weighted by Crippen LogP contribution is 2.41. The number of fused-ring (bicyclic) bond motifs is 1. The number of sulfonamides is 1. The summed E-state index contributed by atoms with van der Waals surface area (Å²) in [5.74, 6) is 1.63. The molecule has 4 aromatic rings. The molecule has 210 valence electrons. The van der Waals surface area contributed by atoms with E-state index in [0.717, 1.165) is 63.5 Å². The van der Waals surface area contributed by atoms with Crippen molar-refractivity contribution in [3.8, 4) is 11.1 Å². The lowest BCUT2D eigenvalue weighted by Gasteiger charge is -2.36. The van der Waals surface area contributed by atoms with Gasteiger partial charge in [-0.05, 0) is 87.9 Å². The number of aromatic nitrogens is 3. The van der Waals surface area contributed by atoms with Crippen molar-refractivity contribution < 1.29 is 17.7 Å². The first-order valence-electron chi connectivity index (χ1n) is 13.8. The van der Waals surface area contributed by atoms with Crippen molar-refractivity contribution in [2.75, 3.05) is 24.2 Å². The lowest BCUT2D eigenvalue weighted by Crippen LogP contribution is -2.40. The second-order valence-electron chi connectivity index (χ2n) is 11.2. The number of benzene rings is 2. The molecule has 0 N–H and O–H groups in total. The fraction of sp³-hybridized carbons (Fsp3) is 0.433. The minimum absolute atomic E-state index is 0.0821. The third-order valence-corrected chi connectivity index (χ3v) is 9.78. The first-order chi connectivity index (χ1) is 19.0. The fourth-order valence-electron chi connectivity index (χ4n) is 6.32. The van der Waals surface area contributed by atoms with Crippen LogP contribution in [0.4, 0.5) is 5.69 Å². The van der Waals surface area contributed by atoms with E-state index in [0.29, 0.717) is 25.9 Å². The SMILES string of the molecule is Cc1ccc(N2C(=O)CCC[C@H]2c2nc3cc(-c4c(C)noc4C)ccc3n2[C@@H]2CCN(S(C)(=O)=O)C2)cc1C. The molecule has 0 aliphatic carbocycles. The normalized spacial score (nSPS) is 20.6. The van der Waals surface area contributed by atoms with E-state index in [2.05, 4.69) is 47.8 Å². The van der Waals surface area contributed by atoms with E-state index in [1.54, 1.807) is 4.31 Å². The maximum absolute atomic E-state index is 13.5. The molecule has 9 nitrogen and oxygen atoms in total. The summed E-state index contributed by atoms with van der Waals surface area (Å²) in [6, 6.07) is 12.0. The van der Waals surface area contributed by atoms with Crippen LogP contribution in [0.1, 0.15) is 66.2 Å². The number of piperidine rings is 1. The quantitative estimate of drug-likeness (QED) is 0.324. The molecule has 0 spiro atoms. The van der Waals surface area contributed by atoms with Crippen molar-refractivity contribution in [2.24, 2.45) is 0 Å². The predicted octanol–water partition coefficient (Wildman–Crippen LogP) is 5.39. The number of carbonyl (C=O) groups excluding carboxylic acids is 1. The molecule has 2 aromatic heterocycles. The van der Waals surface area contributed by atoms with Crippen molar-refractivity contribution in [3.05, 3.63) is 64.8 Å². The summed E-state index contributed by atoms with van der Waals surface area (Å²) in [7, 11) is -3.32. The number of amides is 1. The summed E-state index contributed by atoms with van der Waals surface area (Å²) in [5.41, 5.74) is 7.66. The van der Waals surface area contributed by atoms with Crippen molar-refractivity contribution in [1.82, 2.24) is 19.0 Å². The van der Waals surface area contributed by atoms with E-state index in [-0.39, 0.29) is 18.0 Å². The molecule has 0 unspecified atom stereocenters. The molecular weight excluding hydrogens is 526 g/mol. The highest BCUT2D eigenvalue weighted by molar-refractivity contribution is 7.88. The second kappa shape index (κ2) is 9.85. The van der Waals surface area contributed by atoms with Gasteiger partial charge in [-0.2, -0.15) is 0 Å². The Kier molecular flexibility index (Phi) is 6.58. The van der Waals surface area contributed by atoms with Gasteiger partial charge in [-0.1, -0.05) is 17.3 Å². The van der Waals surface area contributed by atoms with Crippen molar-refractivity contribution in [2.45, 2.75) is 65.5 Å². The van der Waals surface area contributed by atoms with Gasteiger partial charge in [-0.3, -0.25) is 4.79 Å². The van der Waals surface area contributed by atoms with Crippen LogP contribution in [0, 0.1) is 27.7 Å². The molecule has 2 aromatic carbocycles. The molecule has 1 amide bonds. The van der Waals surface area contributed by atoms with Gasteiger partial charge in [0.05, 0.1) is 35.1 Å². The summed E-state index contributed by atoms with van der Waals surface area (Å²) in [6.07, 6.45) is 3.99. The number of nitrogens with zero attached hydrogens (tertiary/aromatic N) is 5. The molecule has 2 aliphatic rings. The number of hydrogen-bond donors (Lipinski definition) is 0. The van der Waals surface area contributed by atoms with Gasteiger partial charge in [-0.25, -0.2) is 17.7 Å². The van der Waals surface area contributed by atoms with E-state index < -0.39 is 10.0 Å². The Morgan fingerprint density at radius 1 is 1.00 bits per heavy atom. The third-order valence-electron chi connectivity index (χ3n) is 8.51. The van der Waals surface area contributed by atoms with Gasteiger partial charge in [0.25, 0.3) is 0 Å². The number of rotatable bonds is 5. The van der Waals surface area contributed by atoms with Gasteiger partial charge in [0, 0.05) is 30.8 Å². The molecule has 2 atom stereocenters. The van der Waals surface area contributed by atoms with E-state index in [4.69, 9.17) is 9.51 Å². The molecule has 10 heteroatoms. The monoisotopic (exact) mass is 561 g/mol. The van der Waals surface area contributed by atoms with Crippen LogP contribution >= 0.6 is 0 Å². The lowest BCUT2D eigenvalue weighted by molar-refractivity contribution is -0.120. The van der Waals surface area contributed by atoms with Crippen LogP contribution in [0.25, 0.3) is 22.2 Å². The van der Waals surface area contributed by atoms with Crippen LogP contribution in [0.5, 0.6) is 0 Å². The molecular formula is C30H35N5O4S. The Morgan fingerprint density at radius 3 is 2.48 bits per heavy atom. The molecule has 2 fully saturated rings. The lowest BCUT2D eigenvalue weighted by atomic mass is 9.98. The van der Waals surface area contributed by atoms with Crippen LogP contribution in [0.15, 0.2) is 40.9 Å². The minimum Gasteiger partial charge on any atom is -0.361 e. The average molecular weight is 562 g/mol. The molecule has 2 aliphatic heterocycles. The van der Waals surface area contributed by atoms with Gasteiger partial charge in [0.2, 0.25) is 15.9 Å². The second-order valence-corrected chi connectivity index (χ2v) is 13.2. The highest BCUT2D eigenvalue weighted by atomic mass is 32.2. The van der Waals surface area contributed by atoms with Crippen LogP contribution in [0.3, 0.4) is 0 Å². The van der Waals surface area contributed by atoms with Crippen LogP contribution in [-0.4, -0.2) is 52.7 Å². The average Bonchev–Trinajstić information content (AvgIpc) is 3.62. The first-order valence-corrected chi connectivity index (χ1v) is 15.7. The van der Waals surface area contributed by atoms with Gasteiger partial charge in [0.15, 0.2) is 0 Å². The summed E-state index contributed by atoms with van der Waals surface area (Å²) >= 11 is 0. The van der Waals surface area contributed by atoms with Gasteiger partial charge in [0.1, 0.15) is 11.6 Å². The van der Waals surface area contributed by atoms with E-state index in [1.165, 1.54) is 11.8 Å². The molecule has 6 rings (SSSR count). The Balaban J connectivity index is 1.52. The molecule has 2 saturated heterocycles. The third kappa shape index (κ3) is 4.53. The topological polar surface area (TPSA) is 102 Å². The summed E-state index contributed by atoms with van der Waals surface area (Å²) < 4.78 is 34.0. The van der Waals surface area contributed by atoms with Crippen molar-refractivity contribution in [3.63, 3.8) is 0 Å². The maximum atomic E-state index is 13.5. The maximum Gasteiger partial charge on any atom is 0.227 e. The Hall–Kier alpha value is -3.50. The minimum atomic E-state index is -3.32. The zero-order valence-electron chi connectivity index (χ0n) is 23.6. The number of imidazole rings is 1. The van der Waals surface area contributed by atoms with Crippen LogP contribution in [0.2, 0.25) is 0 Å². The van der Waals surface area contributed by atoms with Gasteiger partial charge < -0.3 is 14.0 Å². The Labute approximate surface area is 234 Å². The first kappa shape index (κ1) is 26.7. The van der Waals surface area contributed by atoms with Crippen molar-refractivity contribution >= 4 is 32.7 Å². The largest absolute Gasteiger partial charge is 0.361 e. The highest BCUT2D eigenvalue weighted by Gasteiger charge is 2.38. The van der Waals surface area contributed by atoms with E-state index in [9.17, 15) is 13.2 Å². The summed E-state index contributed by atoms with van der Waals surface area (Å²) in [5, 5.41) is 4.12. The summed E-state index contributed by atoms with van der Waals surface area (Å²) in [4.78, 5) is 20.6.